The van der Waals surface area contributed by atoms with Crippen molar-refractivity contribution in [2.45, 2.75) is 19.3 Å². The molecule has 1 heterocycles. The number of amides is 1. The monoisotopic (exact) mass is 243 g/mol. The van der Waals surface area contributed by atoms with Crippen molar-refractivity contribution in [3.05, 3.63) is 11.1 Å². The quantitative estimate of drug-likeness (QED) is 0.707. The molecule has 16 heavy (non-hydrogen) atoms. The maximum Gasteiger partial charge on any atom is 0.270 e. The number of ether oxygens (including phenoxy) is 1. The highest BCUT2D eigenvalue weighted by Gasteiger charge is 2.07. The number of hydrogen-bond donors (Lipinski definition) is 2. The number of methoxy groups -OCH3 is 1. The second-order valence-corrected chi connectivity index (χ2v) is 4.27. The Morgan fingerprint density at radius 1 is 1.56 bits per heavy atom. The fourth-order valence-electron chi connectivity index (χ4n) is 1.23. The van der Waals surface area contributed by atoms with E-state index in [2.05, 4.69) is 10.3 Å². The second kappa shape index (κ2) is 7.19. The molecule has 1 aromatic heterocycles. The first-order valence-corrected chi connectivity index (χ1v) is 6.10. The summed E-state index contributed by atoms with van der Waals surface area (Å²) in [5.74, 6) is -0.153. The molecule has 6 heteroatoms. The number of carbonyl (C=O) groups is 1. The maximum absolute atomic E-state index is 11.5. The van der Waals surface area contributed by atoms with E-state index in [1.165, 1.54) is 11.3 Å². The van der Waals surface area contributed by atoms with E-state index in [0.29, 0.717) is 17.4 Å². The van der Waals surface area contributed by atoms with Gasteiger partial charge >= 0.3 is 0 Å². The number of nitrogens with zero attached hydrogens (tertiary/aromatic N) is 1. The summed E-state index contributed by atoms with van der Waals surface area (Å²) in [4.78, 5) is 15.4. The van der Waals surface area contributed by atoms with Crippen molar-refractivity contribution in [3.8, 4) is 0 Å². The molecule has 0 fully saturated rings. The zero-order valence-corrected chi connectivity index (χ0v) is 10.2. The molecule has 0 atom stereocenters. The van der Waals surface area contributed by atoms with Gasteiger partial charge in [0.2, 0.25) is 0 Å². The van der Waals surface area contributed by atoms with Gasteiger partial charge < -0.3 is 15.8 Å². The van der Waals surface area contributed by atoms with Crippen LogP contribution in [0.25, 0.3) is 0 Å². The molecule has 0 unspecified atom stereocenters. The number of anilines is 1. The topological polar surface area (TPSA) is 77.2 Å². The van der Waals surface area contributed by atoms with Crippen LogP contribution in [0.4, 0.5) is 5.13 Å². The van der Waals surface area contributed by atoms with Crippen molar-refractivity contribution < 1.29 is 9.53 Å². The van der Waals surface area contributed by atoms with Gasteiger partial charge in [0, 0.05) is 25.6 Å². The van der Waals surface area contributed by atoms with Gasteiger partial charge in [-0.2, -0.15) is 0 Å². The Morgan fingerprint density at radius 3 is 3.00 bits per heavy atom. The summed E-state index contributed by atoms with van der Waals surface area (Å²) in [6, 6.07) is 0. The average Bonchev–Trinajstić information content (AvgIpc) is 2.70. The molecular formula is C10H17N3O2S. The molecule has 1 aromatic rings. The van der Waals surface area contributed by atoms with Gasteiger partial charge in [-0.1, -0.05) is 0 Å². The summed E-state index contributed by atoms with van der Waals surface area (Å²) >= 11 is 1.27. The van der Waals surface area contributed by atoms with Gasteiger partial charge in [-0.3, -0.25) is 4.79 Å². The highest BCUT2D eigenvalue weighted by atomic mass is 32.1. The van der Waals surface area contributed by atoms with Gasteiger partial charge in [0.1, 0.15) is 5.69 Å². The molecule has 0 aliphatic heterocycles. The minimum absolute atomic E-state index is 0.153. The normalized spacial score (nSPS) is 10.3. The average molecular weight is 243 g/mol. The molecule has 90 valence electrons. The zero-order valence-electron chi connectivity index (χ0n) is 9.36. The lowest BCUT2D eigenvalue weighted by atomic mass is 10.2. The SMILES string of the molecule is COCCCCCNC(=O)c1csc(N)n1. The fourth-order valence-corrected chi connectivity index (χ4v) is 1.78. The number of nitrogens with two attached hydrogens (primary N) is 1. The largest absolute Gasteiger partial charge is 0.385 e. The number of unbranched alkanes of at least 4 members (excludes halogenated alkanes) is 2. The summed E-state index contributed by atoms with van der Waals surface area (Å²) in [5, 5.41) is 4.88. The molecule has 0 spiro atoms. The fraction of sp³-hybridized carbons (Fsp3) is 0.600. The van der Waals surface area contributed by atoms with Crippen molar-refractivity contribution in [3.63, 3.8) is 0 Å². The Morgan fingerprint density at radius 2 is 2.38 bits per heavy atom. The van der Waals surface area contributed by atoms with Crippen LogP contribution >= 0.6 is 11.3 Å². The van der Waals surface area contributed by atoms with Crippen LogP contribution in [0.5, 0.6) is 0 Å². The Labute approximate surface area is 99.0 Å². The van der Waals surface area contributed by atoms with Crippen LogP contribution in [0.2, 0.25) is 0 Å². The van der Waals surface area contributed by atoms with Crippen molar-refractivity contribution in [2.24, 2.45) is 0 Å². The van der Waals surface area contributed by atoms with Crippen LogP contribution in [0.1, 0.15) is 29.8 Å². The van der Waals surface area contributed by atoms with Crippen molar-refractivity contribution in [2.75, 3.05) is 26.0 Å². The van der Waals surface area contributed by atoms with E-state index in [1.54, 1.807) is 12.5 Å². The third kappa shape index (κ3) is 4.59. The minimum Gasteiger partial charge on any atom is -0.385 e. The summed E-state index contributed by atoms with van der Waals surface area (Å²) < 4.78 is 4.93. The number of thiazole rings is 1. The van der Waals surface area contributed by atoms with Crippen LogP contribution in [-0.2, 0) is 4.74 Å². The van der Waals surface area contributed by atoms with E-state index in [-0.39, 0.29) is 5.91 Å². The number of rotatable bonds is 7. The Bertz CT molecular complexity index is 328. The summed E-state index contributed by atoms with van der Waals surface area (Å²) in [7, 11) is 1.69. The first-order chi connectivity index (χ1) is 7.74. The van der Waals surface area contributed by atoms with Gasteiger partial charge in [0.25, 0.3) is 5.91 Å². The molecule has 1 amide bonds. The predicted octanol–water partition coefficient (Wildman–Crippen LogP) is 1.27. The van der Waals surface area contributed by atoms with E-state index < -0.39 is 0 Å². The smallest absolute Gasteiger partial charge is 0.270 e. The lowest BCUT2D eigenvalue weighted by Crippen LogP contribution is -2.24. The molecule has 0 saturated carbocycles. The highest BCUT2D eigenvalue weighted by molar-refractivity contribution is 7.13. The lowest BCUT2D eigenvalue weighted by Gasteiger charge is -2.02. The summed E-state index contributed by atoms with van der Waals surface area (Å²) in [5.41, 5.74) is 5.84. The first-order valence-electron chi connectivity index (χ1n) is 5.22. The first kappa shape index (κ1) is 12.9. The number of carbonyl (C=O) groups excluding carboxylic acids is 1. The van der Waals surface area contributed by atoms with Crippen LogP contribution in [0.3, 0.4) is 0 Å². The molecule has 5 nitrogen and oxygen atoms in total. The third-order valence-corrected chi connectivity index (χ3v) is 2.74. The number of nitrogen functional groups attached to an aromatic ring is 1. The molecular weight excluding hydrogens is 226 g/mol. The van der Waals surface area contributed by atoms with E-state index in [1.807, 2.05) is 0 Å². The van der Waals surface area contributed by atoms with Gasteiger partial charge in [-0.25, -0.2) is 4.98 Å². The van der Waals surface area contributed by atoms with Gasteiger partial charge in [-0.05, 0) is 19.3 Å². The Balaban J connectivity index is 2.11. The van der Waals surface area contributed by atoms with Crippen LogP contribution in [0.15, 0.2) is 5.38 Å². The molecule has 0 saturated heterocycles. The standard InChI is InChI=1S/C10H17N3O2S/c1-15-6-4-2-3-5-12-9(14)8-7-16-10(11)13-8/h7H,2-6H2,1H3,(H2,11,13)(H,12,14). The van der Waals surface area contributed by atoms with Gasteiger partial charge in [-0.15, -0.1) is 11.3 Å². The van der Waals surface area contributed by atoms with Crippen molar-refractivity contribution >= 4 is 22.4 Å². The summed E-state index contributed by atoms with van der Waals surface area (Å²) in [6.45, 7) is 1.44. The summed E-state index contributed by atoms with van der Waals surface area (Å²) in [6.07, 6.45) is 3.03. The van der Waals surface area contributed by atoms with Crippen LogP contribution < -0.4 is 11.1 Å². The van der Waals surface area contributed by atoms with Gasteiger partial charge in [0.05, 0.1) is 0 Å². The lowest BCUT2D eigenvalue weighted by molar-refractivity contribution is 0.0948. The van der Waals surface area contributed by atoms with Crippen molar-refractivity contribution in [1.29, 1.82) is 0 Å². The molecule has 0 aliphatic rings. The second-order valence-electron chi connectivity index (χ2n) is 3.38. The van der Waals surface area contributed by atoms with Gasteiger partial charge in [0.15, 0.2) is 5.13 Å². The van der Waals surface area contributed by atoms with Crippen LogP contribution in [0, 0.1) is 0 Å². The molecule has 0 bridgehead atoms. The third-order valence-electron chi connectivity index (χ3n) is 2.07. The Hall–Kier alpha value is -1.14. The number of aromatic nitrogens is 1. The minimum atomic E-state index is -0.153. The van der Waals surface area contributed by atoms with E-state index in [9.17, 15) is 4.79 Å². The molecule has 0 aliphatic carbocycles. The molecule has 1 rings (SSSR count). The maximum atomic E-state index is 11.5. The van der Waals surface area contributed by atoms with Crippen LogP contribution in [-0.4, -0.2) is 31.2 Å². The molecule has 3 N–H and O–H groups in total. The van der Waals surface area contributed by atoms with E-state index in [0.717, 1.165) is 25.9 Å². The predicted molar refractivity (Wildman–Crippen MR) is 64.6 cm³/mol. The highest BCUT2D eigenvalue weighted by Crippen LogP contribution is 2.10. The number of nitrogens with one attached hydrogen (secondary N) is 1. The Kier molecular flexibility index (Phi) is 5.81. The number of hydrogen-bond acceptors (Lipinski definition) is 5. The van der Waals surface area contributed by atoms with E-state index >= 15 is 0 Å². The molecule has 0 aromatic carbocycles. The van der Waals surface area contributed by atoms with Crippen molar-refractivity contribution in [1.82, 2.24) is 10.3 Å². The molecule has 0 radical (unpaired) electrons. The zero-order chi connectivity index (χ0) is 11.8. The van der Waals surface area contributed by atoms with E-state index in [4.69, 9.17) is 10.5 Å².